The zero-order chi connectivity index (χ0) is 19.7. The van der Waals surface area contributed by atoms with Gasteiger partial charge in [-0.3, -0.25) is 14.4 Å². The van der Waals surface area contributed by atoms with Gasteiger partial charge in [0.05, 0.1) is 7.11 Å². The molecule has 0 saturated carbocycles. The number of hydrogen-bond acceptors (Lipinski definition) is 6. The molecule has 26 heavy (non-hydrogen) atoms. The molecule has 1 rings (SSSR count). The number of amides is 1. The lowest BCUT2D eigenvalue weighted by Crippen LogP contribution is -2.24. The monoisotopic (exact) mass is 365 g/mol. The molecule has 1 aromatic carbocycles. The maximum Gasteiger partial charge on any atom is 0.306 e. The highest BCUT2D eigenvalue weighted by Gasteiger charge is 2.17. The molecule has 7 heteroatoms. The standard InChI is InChI=1S/C19H27NO6/c1-19(2,3)26-18(24)11-8-13-12-14(9-10-15(13)21)20-16(22)6-5-7-17(23)25-4/h9-10,12,21H,5-8,11H2,1-4H3,(H,20,22). The van der Waals surface area contributed by atoms with Crippen molar-refractivity contribution in [2.75, 3.05) is 12.4 Å². The molecule has 144 valence electrons. The zero-order valence-corrected chi connectivity index (χ0v) is 15.8. The Balaban J connectivity index is 2.56. The lowest BCUT2D eigenvalue weighted by Gasteiger charge is -2.19. The van der Waals surface area contributed by atoms with Crippen LogP contribution in [0.4, 0.5) is 5.69 Å². The van der Waals surface area contributed by atoms with Gasteiger partial charge < -0.3 is 19.9 Å². The Bertz CT molecular complexity index is 648. The predicted octanol–water partition coefficient (Wildman–Crippen LogP) is 2.95. The summed E-state index contributed by atoms with van der Waals surface area (Å²) in [5.41, 5.74) is 0.507. The number of aryl methyl sites for hydroxylation is 1. The van der Waals surface area contributed by atoms with Crippen molar-refractivity contribution in [3.8, 4) is 5.75 Å². The first kappa shape index (κ1) is 21.5. The van der Waals surface area contributed by atoms with Crippen LogP contribution in [-0.2, 0) is 30.3 Å². The molecule has 0 saturated heterocycles. The number of ether oxygens (including phenoxy) is 2. The maximum atomic E-state index is 11.9. The second-order valence-electron chi connectivity index (χ2n) is 6.91. The van der Waals surface area contributed by atoms with E-state index in [1.807, 2.05) is 0 Å². The summed E-state index contributed by atoms with van der Waals surface area (Å²) >= 11 is 0. The van der Waals surface area contributed by atoms with E-state index in [0.29, 0.717) is 24.1 Å². The summed E-state index contributed by atoms with van der Waals surface area (Å²) in [5.74, 6) is -0.893. The second kappa shape index (κ2) is 9.79. The number of nitrogens with one attached hydrogen (secondary N) is 1. The van der Waals surface area contributed by atoms with Crippen LogP contribution < -0.4 is 5.32 Å². The van der Waals surface area contributed by atoms with Crippen LogP contribution in [0.25, 0.3) is 0 Å². The molecule has 0 unspecified atom stereocenters. The van der Waals surface area contributed by atoms with Gasteiger partial charge in [-0.05, 0) is 57.4 Å². The lowest BCUT2D eigenvalue weighted by molar-refractivity contribution is -0.154. The van der Waals surface area contributed by atoms with E-state index < -0.39 is 5.60 Å². The van der Waals surface area contributed by atoms with Gasteiger partial charge in [-0.15, -0.1) is 0 Å². The van der Waals surface area contributed by atoms with Crippen molar-refractivity contribution in [3.05, 3.63) is 23.8 Å². The van der Waals surface area contributed by atoms with Crippen molar-refractivity contribution in [1.29, 1.82) is 0 Å². The molecule has 0 bridgehead atoms. The molecule has 0 radical (unpaired) electrons. The van der Waals surface area contributed by atoms with Crippen molar-refractivity contribution in [2.24, 2.45) is 0 Å². The number of esters is 2. The van der Waals surface area contributed by atoms with Crippen LogP contribution in [0, 0.1) is 0 Å². The van der Waals surface area contributed by atoms with Crippen molar-refractivity contribution in [3.63, 3.8) is 0 Å². The van der Waals surface area contributed by atoms with Gasteiger partial charge in [0.15, 0.2) is 0 Å². The van der Waals surface area contributed by atoms with E-state index in [2.05, 4.69) is 10.1 Å². The Morgan fingerprint density at radius 2 is 1.77 bits per heavy atom. The lowest BCUT2D eigenvalue weighted by atomic mass is 10.1. The predicted molar refractivity (Wildman–Crippen MR) is 96.8 cm³/mol. The smallest absolute Gasteiger partial charge is 0.306 e. The highest BCUT2D eigenvalue weighted by Crippen LogP contribution is 2.23. The first-order chi connectivity index (χ1) is 12.1. The third-order valence-corrected chi connectivity index (χ3v) is 3.39. The average molecular weight is 365 g/mol. The number of rotatable bonds is 8. The molecule has 0 spiro atoms. The normalized spacial score (nSPS) is 10.9. The molecule has 0 aliphatic carbocycles. The third-order valence-electron chi connectivity index (χ3n) is 3.39. The number of benzene rings is 1. The summed E-state index contributed by atoms with van der Waals surface area (Å²) in [5, 5.41) is 12.6. The van der Waals surface area contributed by atoms with Crippen LogP contribution in [0.1, 0.15) is 52.0 Å². The van der Waals surface area contributed by atoms with Gasteiger partial charge in [-0.2, -0.15) is 0 Å². The minimum atomic E-state index is -0.556. The molecule has 2 N–H and O–H groups in total. The van der Waals surface area contributed by atoms with E-state index >= 15 is 0 Å². The fourth-order valence-electron chi connectivity index (χ4n) is 2.21. The second-order valence-corrected chi connectivity index (χ2v) is 6.91. The Labute approximate surface area is 153 Å². The molecule has 0 atom stereocenters. The van der Waals surface area contributed by atoms with Crippen molar-refractivity contribution in [2.45, 2.75) is 58.5 Å². The first-order valence-electron chi connectivity index (χ1n) is 8.51. The number of phenolic OH excluding ortho intramolecular Hbond substituents is 1. The van der Waals surface area contributed by atoms with Gasteiger partial charge in [0, 0.05) is 24.9 Å². The Morgan fingerprint density at radius 1 is 1.08 bits per heavy atom. The van der Waals surface area contributed by atoms with Gasteiger partial charge in [0.2, 0.25) is 5.91 Å². The molecule has 1 amide bonds. The van der Waals surface area contributed by atoms with Crippen molar-refractivity contribution >= 4 is 23.5 Å². The Hall–Kier alpha value is -2.57. The van der Waals surface area contributed by atoms with Crippen LogP contribution >= 0.6 is 0 Å². The number of phenols is 1. The fraction of sp³-hybridized carbons (Fsp3) is 0.526. The fourth-order valence-corrected chi connectivity index (χ4v) is 2.21. The van der Waals surface area contributed by atoms with Crippen LogP contribution in [0.15, 0.2) is 18.2 Å². The van der Waals surface area contributed by atoms with E-state index in [0.717, 1.165) is 0 Å². The van der Waals surface area contributed by atoms with Crippen molar-refractivity contribution in [1.82, 2.24) is 0 Å². The minimum absolute atomic E-state index is 0.0530. The van der Waals surface area contributed by atoms with Crippen LogP contribution in [-0.4, -0.2) is 35.7 Å². The topological polar surface area (TPSA) is 102 Å². The molecule has 1 aromatic rings. The molecule has 0 heterocycles. The van der Waals surface area contributed by atoms with Gasteiger partial charge in [-0.1, -0.05) is 0 Å². The van der Waals surface area contributed by atoms with E-state index in [1.54, 1.807) is 32.9 Å². The third kappa shape index (κ3) is 8.50. The molecular formula is C19H27NO6. The Morgan fingerprint density at radius 3 is 2.38 bits per heavy atom. The largest absolute Gasteiger partial charge is 0.508 e. The van der Waals surface area contributed by atoms with E-state index in [4.69, 9.17) is 4.74 Å². The van der Waals surface area contributed by atoms with E-state index in [-0.39, 0.29) is 42.9 Å². The SMILES string of the molecule is COC(=O)CCCC(=O)Nc1ccc(O)c(CCC(=O)OC(C)(C)C)c1. The van der Waals surface area contributed by atoms with Gasteiger partial charge in [0.1, 0.15) is 11.4 Å². The number of anilines is 1. The van der Waals surface area contributed by atoms with E-state index in [1.165, 1.54) is 13.2 Å². The van der Waals surface area contributed by atoms with Gasteiger partial charge in [0.25, 0.3) is 0 Å². The van der Waals surface area contributed by atoms with Gasteiger partial charge >= 0.3 is 11.9 Å². The summed E-state index contributed by atoms with van der Waals surface area (Å²) in [6, 6.07) is 4.66. The summed E-state index contributed by atoms with van der Waals surface area (Å²) in [4.78, 5) is 34.7. The zero-order valence-electron chi connectivity index (χ0n) is 15.8. The highest BCUT2D eigenvalue weighted by atomic mass is 16.6. The first-order valence-corrected chi connectivity index (χ1v) is 8.51. The van der Waals surface area contributed by atoms with Crippen LogP contribution in [0.2, 0.25) is 0 Å². The molecule has 0 aromatic heterocycles. The minimum Gasteiger partial charge on any atom is -0.508 e. The quantitative estimate of drug-likeness (QED) is 0.542. The molecule has 0 aliphatic rings. The summed E-state index contributed by atoms with van der Waals surface area (Å²) in [7, 11) is 1.30. The molecule has 0 aliphatic heterocycles. The average Bonchev–Trinajstić information content (AvgIpc) is 2.53. The van der Waals surface area contributed by atoms with Crippen LogP contribution in [0.3, 0.4) is 0 Å². The molecule has 7 nitrogen and oxygen atoms in total. The van der Waals surface area contributed by atoms with Crippen LogP contribution in [0.5, 0.6) is 5.75 Å². The Kier molecular flexibility index (Phi) is 8.09. The maximum absolute atomic E-state index is 11.9. The van der Waals surface area contributed by atoms with Crippen molar-refractivity contribution < 1.29 is 29.0 Å². The molecular weight excluding hydrogens is 338 g/mol. The summed E-state index contributed by atoms with van der Waals surface area (Å²) in [6.07, 6.45) is 1.18. The van der Waals surface area contributed by atoms with E-state index in [9.17, 15) is 19.5 Å². The molecule has 0 fully saturated rings. The summed E-state index contributed by atoms with van der Waals surface area (Å²) < 4.78 is 9.76. The summed E-state index contributed by atoms with van der Waals surface area (Å²) in [6.45, 7) is 5.37. The number of methoxy groups -OCH3 is 1. The van der Waals surface area contributed by atoms with Gasteiger partial charge in [-0.25, -0.2) is 0 Å². The highest BCUT2D eigenvalue weighted by molar-refractivity contribution is 5.91. The number of aromatic hydroxyl groups is 1. The number of carbonyl (C=O) groups excluding carboxylic acids is 3. The number of hydrogen-bond donors (Lipinski definition) is 2. The number of carbonyl (C=O) groups is 3.